The zero-order valence-corrected chi connectivity index (χ0v) is 9.73. The molecule has 0 aliphatic heterocycles. The maximum atomic E-state index is 13.5. The number of carbonyl (C=O) groups is 2. The summed E-state index contributed by atoms with van der Waals surface area (Å²) in [5.41, 5.74) is 16.2. The number of hydrogen-bond donors (Lipinski definition) is 3. The molecule has 1 aromatic carbocycles. The lowest BCUT2D eigenvalue weighted by Crippen LogP contribution is -2.39. The summed E-state index contributed by atoms with van der Waals surface area (Å²) >= 11 is 0. The van der Waals surface area contributed by atoms with Crippen LogP contribution in [0.3, 0.4) is 0 Å². The van der Waals surface area contributed by atoms with E-state index in [2.05, 4.69) is 0 Å². The second-order valence-corrected chi connectivity index (χ2v) is 3.89. The monoisotopic (exact) mass is 254 g/mol. The van der Waals surface area contributed by atoms with Crippen molar-refractivity contribution in [2.24, 2.45) is 11.5 Å². The topological polar surface area (TPSA) is 115 Å². The fourth-order valence-corrected chi connectivity index (χ4v) is 1.57. The maximum absolute atomic E-state index is 13.5. The van der Waals surface area contributed by atoms with Gasteiger partial charge in [-0.2, -0.15) is 0 Å². The van der Waals surface area contributed by atoms with Crippen molar-refractivity contribution in [3.8, 4) is 0 Å². The predicted octanol–water partition coefficient (Wildman–Crippen LogP) is -0.819. The highest BCUT2D eigenvalue weighted by molar-refractivity contribution is 5.79. The summed E-state index contributed by atoms with van der Waals surface area (Å²) in [5, 5.41) is 0. The summed E-state index contributed by atoms with van der Waals surface area (Å²) in [7, 11) is 0. The van der Waals surface area contributed by atoms with Gasteiger partial charge in [0, 0.05) is 17.8 Å². The van der Waals surface area contributed by atoms with Crippen LogP contribution in [-0.4, -0.2) is 29.8 Å². The van der Waals surface area contributed by atoms with E-state index in [4.69, 9.17) is 17.2 Å². The summed E-state index contributed by atoms with van der Waals surface area (Å²) in [4.78, 5) is 23.0. The van der Waals surface area contributed by atoms with Crippen LogP contribution in [0.15, 0.2) is 18.2 Å². The number of carbonyl (C=O) groups excluding carboxylic acids is 2. The summed E-state index contributed by atoms with van der Waals surface area (Å²) < 4.78 is 13.5. The number of nitrogen functional groups attached to an aromatic ring is 1. The number of amides is 2. The number of primary amides is 2. The van der Waals surface area contributed by atoms with E-state index in [1.165, 1.54) is 23.1 Å². The highest BCUT2D eigenvalue weighted by Gasteiger charge is 2.15. The first-order valence-corrected chi connectivity index (χ1v) is 5.22. The van der Waals surface area contributed by atoms with Gasteiger partial charge in [0.05, 0.1) is 13.1 Å². The Morgan fingerprint density at radius 1 is 1.17 bits per heavy atom. The van der Waals surface area contributed by atoms with Gasteiger partial charge in [0.15, 0.2) is 0 Å². The van der Waals surface area contributed by atoms with Crippen LogP contribution in [0.4, 0.5) is 10.1 Å². The minimum absolute atomic E-state index is 0.00954. The molecule has 0 aliphatic carbocycles. The van der Waals surface area contributed by atoms with Crippen LogP contribution in [0, 0.1) is 5.82 Å². The third-order valence-corrected chi connectivity index (χ3v) is 2.30. The Kier molecular flexibility index (Phi) is 4.61. The Morgan fingerprint density at radius 3 is 2.17 bits per heavy atom. The van der Waals surface area contributed by atoms with Gasteiger partial charge in [0.1, 0.15) is 5.82 Å². The highest BCUT2D eigenvalue weighted by atomic mass is 19.1. The van der Waals surface area contributed by atoms with Gasteiger partial charge >= 0.3 is 0 Å². The van der Waals surface area contributed by atoms with E-state index in [0.29, 0.717) is 0 Å². The van der Waals surface area contributed by atoms with Crippen LogP contribution in [0.5, 0.6) is 0 Å². The van der Waals surface area contributed by atoms with E-state index >= 15 is 0 Å². The van der Waals surface area contributed by atoms with Crippen molar-refractivity contribution < 1.29 is 14.0 Å². The summed E-state index contributed by atoms with van der Waals surface area (Å²) in [6.07, 6.45) is 0. The maximum Gasteiger partial charge on any atom is 0.231 e. The van der Waals surface area contributed by atoms with E-state index in [9.17, 15) is 14.0 Å². The van der Waals surface area contributed by atoms with Gasteiger partial charge in [0.25, 0.3) is 0 Å². The molecule has 7 heteroatoms. The van der Waals surface area contributed by atoms with Crippen LogP contribution < -0.4 is 17.2 Å². The molecule has 6 N–H and O–H groups in total. The zero-order valence-electron chi connectivity index (χ0n) is 9.73. The quantitative estimate of drug-likeness (QED) is 0.575. The third kappa shape index (κ3) is 4.02. The van der Waals surface area contributed by atoms with Crippen molar-refractivity contribution in [3.63, 3.8) is 0 Å². The number of hydrogen-bond acceptors (Lipinski definition) is 4. The fraction of sp³-hybridized carbons (Fsp3) is 0.273. The molecule has 1 aromatic rings. The molecule has 0 unspecified atom stereocenters. The van der Waals surface area contributed by atoms with Crippen LogP contribution >= 0.6 is 0 Å². The molecule has 0 aliphatic rings. The predicted molar refractivity (Wildman–Crippen MR) is 64.5 cm³/mol. The Hall–Kier alpha value is -2.15. The average molecular weight is 254 g/mol. The minimum atomic E-state index is -0.633. The first-order chi connectivity index (χ1) is 8.40. The molecular weight excluding hydrogens is 239 g/mol. The lowest BCUT2D eigenvalue weighted by Gasteiger charge is -2.20. The van der Waals surface area contributed by atoms with E-state index in [0.717, 1.165) is 0 Å². The Morgan fingerprint density at radius 2 is 1.72 bits per heavy atom. The molecule has 1 rings (SSSR count). The zero-order chi connectivity index (χ0) is 13.7. The van der Waals surface area contributed by atoms with Crippen LogP contribution in [0.2, 0.25) is 0 Å². The van der Waals surface area contributed by atoms with Crippen LogP contribution in [0.1, 0.15) is 5.56 Å². The molecule has 18 heavy (non-hydrogen) atoms. The highest BCUT2D eigenvalue weighted by Crippen LogP contribution is 2.17. The number of rotatable bonds is 6. The Bertz CT molecular complexity index is 428. The summed E-state index contributed by atoms with van der Waals surface area (Å²) in [5.74, 6) is -1.77. The summed E-state index contributed by atoms with van der Waals surface area (Å²) in [6.45, 7) is -0.405. The SMILES string of the molecule is NC(=O)CN(CC(N)=O)Cc1c(N)cccc1F. The summed E-state index contributed by atoms with van der Waals surface area (Å²) in [6, 6.07) is 4.25. The lowest BCUT2D eigenvalue weighted by atomic mass is 10.1. The van der Waals surface area contributed by atoms with Crippen molar-refractivity contribution in [1.82, 2.24) is 4.90 Å². The molecule has 98 valence electrons. The minimum Gasteiger partial charge on any atom is -0.398 e. The molecule has 0 aromatic heterocycles. The molecule has 0 radical (unpaired) electrons. The first-order valence-electron chi connectivity index (χ1n) is 5.22. The van der Waals surface area contributed by atoms with Crippen molar-refractivity contribution in [1.29, 1.82) is 0 Å². The van der Waals surface area contributed by atoms with Gasteiger partial charge < -0.3 is 17.2 Å². The van der Waals surface area contributed by atoms with E-state index in [1.807, 2.05) is 0 Å². The number of halogens is 1. The Balaban J connectivity index is 2.88. The second-order valence-electron chi connectivity index (χ2n) is 3.89. The van der Waals surface area contributed by atoms with Crippen LogP contribution in [-0.2, 0) is 16.1 Å². The van der Waals surface area contributed by atoms with Gasteiger partial charge in [-0.1, -0.05) is 6.07 Å². The van der Waals surface area contributed by atoms with Crippen molar-refractivity contribution in [2.75, 3.05) is 18.8 Å². The van der Waals surface area contributed by atoms with Crippen molar-refractivity contribution in [2.45, 2.75) is 6.54 Å². The molecule has 2 amide bonds. The largest absolute Gasteiger partial charge is 0.398 e. The van der Waals surface area contributed by atoms with Gasteiger partial charge in [-0.15, -0.1) is 0 Å². The van der Waals surface area contributed by atoms with Crippen molar-refractivity contribution >= 4 is 17.5 Å². The lowest BCUT2D eigenvalue weighted by molar-refractivity contribution is -0.122. The number of anilines is 1. The van der Waals surface area contributed by atoms with Gasteiger partial charge in [-0.3, -0.25) is 14.5 Å². The van der Waals surface area contributed by atoms with Crippen LogP contribution in [0.25, 0.3) is 0 Å². The van der Waals surface area contributed by atoms with Gasteiger partial charge in [0.2, 0.25) is 11.8 Å². The molecule has 0 saturated carbocycles. The molecule has 6 nitrogen and oxygen atoms in total. The molecule has 0 saturated heterocycles. The normalized spacial score (nSPS) is 10.6. The van der Waals surface area contributed by atoms with E-state index in [-0.39, 0.29) is 30.9 Å². The van der Waals surface area contributed by atoms with Gasteiger partial charge in [-0.05, 0) is 12.1 Å². The third-order valence-electron chi connectivity index (χ3n) is 2.30. The second kappa shape index (κ2) is 5.97. The molecule has 0 spiro atoms. The average Bonchev–Trinajstić information content (AvgIpc) is 2.21. The molecule has 0 fully saturated rings. The fourth-order valence-electron chi connectivity index (χ4n) is 1.57. The number of benzene rings is 1. The van der Waals surface area contributed by atoms with Crippen molar-refractivity contribution in [3.05, 3.63) is 29.6 Å². The first kappa shape index (κ1) is 13.9. The standard InChI is InChI=1S/C11H15FN4O2/c12-8-2-1-3-9(13)7(8)4-16(5-10(14)17)6-11(15)18/h1-3H,4-6,13H2,(H2,14,17)(H2,15,18). The van der Waals surface area contributed by atoms with E-state index < -0.39 is 17.6 Å². The smallest absolute Gasteiger partial charge is 0.231 e. The Labute approximate surface area is 104 Å². The molecule has 0 atom stereocenters. The molecular formula is C11H15FN4O2. The van der Waals surface area contributed by atoms with Gasteiger partial charge in [-0.25, -0.2) is 4.39 Å². The molecule has 0 bridgehead atoms. The van der Waals surface area contributed by atoms with E-state index in [1.54, 1.807) is 0 Å². The number of nitrogens with zero attached hydrogens (tertiary/aromatic N) is 1. The molecule has 0 heterocycles. The number of nitrogens with two attached hydrogens (primary N) is 3.